The number of carbonyl (C=O) groups is 2. The van der Waals surface area contributed by atoms with E-state index in [1.807, 2.05) is 82.9 Å². The Bertz CT molecular complexity index is 1600. The molecule has 8 nitrogen and oxygen atoms in total. The van der Waals surface area contributed by atoms with Gasteiger partial charge in [0.15, 0.2) is 0 Å². The maximum Gasteiger partial charge on any atom is 0.265 e. The van der Waals surface area contributed by atoms with Gasteiger partial charge in [0, 0.05) is 41.1 Å². The number of nitrogens with zero attached hydrogens (tertiary/aromatic N) is 3. The summed E-state index contributed by atoms with van der Waals surface area (Å²) in [5.74, 6) is -0.307. The zero-order valence-electron chi connectivity index (χ0n) is 21.1. The van der Waals surface area contributed by atoms with E-state index in [-0.39, 0.29) is 17.9 Å². The molecule has 5 aromatic rings. The number of carbonyl (C=O) groups excluding carboxylic acids is 2. The van der Waals surface area contributed by atoms with E-state index in [9.17, 15) is 14.7 Å². The Kier molecular flexibility index (Phi) is 6.83. The minimum Gasteiger partial charge on any atom is -0.393 e. The Labute approximate surface area is 229 Å². The Balaban J connectivity index is 1.11. The molecule has 1 saturated heterocycles. The predicted octanol–water partition coefficient (Wildman–Crippen LogP) is 5.55. The van der Waals surface area contributed by atoms with Crippen LogP contribution in [0.3, 0.4) is 0 Å². The van der Waals surface area contributed by atoms with Crippen molar-refractivity contribution in [1.29, 1.82) is 0 Å². The van der Waals surface area contributed by atoms with Gasteiger partial charge >= 0.3 is 0 Å². The number of aliphatic hydroxyl groups excluding tert-OH is 1. The Morgan fingerprint density at radius 3 is 2.26 bits per heavy atom. The van der Waals surface area contributed by atoms with Crippen molar-refractivity contribution in [3.05, 3.63) is 101 Å². The minimum absolute atomic E-state index is 0.131. The summed E-state index contributed by atoms with van der Waals surface area (Å²) in [7, 11) is 0. The van der Waals surface area contributed by atoms with Gasteiger partial charge in [-0.15, -0.1) is 11.3 Å². The molecule has 0 saturated carbocycles. The molecule has 196 valence electrons. The van der Waals surface area contributed by atoms with E-state index in [1.165, 1.54) is 11.3 Å². The normalized spacial score (nSPS) is 13.9. The Morgan fingerprint density at radius 1 is 0.846 bits per heavy atom. The molecule has 1 aliphatic rings. The van der Waals surface area contributed by atoms with Crippen molar-refractivity contribution >= 4 is 51.1 Å². The van der Waals surface area contributed by atoms with E-state index in [4.69, 9.17) is 0 Å². The molecule has 0 atom stereocenters. The van der Waals surface area contributed by atoms with Gasteiger partial charge < -0.3 is 20.6 Å². The summed E-state index contributed by atoms with van der Waals surface area (Å²) in [5.41, 5.74) is 4.80. The highest BCUT2D eigenvalue weighted by molar-refractivity contribution is 7.12. The molecule has 0 spiro atoms. The number of piperidine rings is 1. The van der Waals surface area contributed by atoms with Crippen molar-refractivity contribution in [2.24, 2.45) is 0 Å². The zero-order valence-corrected chi connectivity index (χ0v) is 21.9. The monoisotopic (exact) mass is 537 g/mol. The minimum atomic E-state index is -0.214. The molecule has 3 N–H and O–H groups in total. The van der Waals surface area contributed by atoms with E-state index in [0.717, 1.165) is 48.2 Å². The van der Waals surface area contributed by atoms with Gasteiger partial charge in [-0.2, -0.15) is 5.10 Å². The molecular formula is C30H27N5O3S. The van der Waals surface area contributed by atoms with Crippen molar-refractivity contribution in [3.63, 3.8) is 0 Å². The van der Waals surface area contributed by atoms with Gasteiger partial charge in [0.1, 0.15) is 0 Å². The highest BCUT2D eigenvalue weighted by atomic mass is 32.1. The summed E-state index contributed by atoms with van der Waals surface area (Å²) in [6.07, 6.45) is 3.08. The third kappa shape index (κ3) is 5.41. The number of nitrogens with one attached hydrogen (secondary N) is 2. The van der Waals surface area contributed by atoms with Gasteiger partial charge in [-0.1, -0.05) is 6.07 Å². The van der Waals surface area contributed by atoms with Crippen LogP contribution in [0.5, 0.6) is 0 Å². The quantitative estimate of drug-likeness (QED) is 0.264. The number of amides is 2. The van der Waals surface area contributed by atoms with Gasteiger partial charge in [0.25, 0.3) is 11.8 Å². The van der Waals surface area contributed by atoms with Crippen molar-refractivity contribution in [2.45, 2.75) is 18.9 Å². The molecule has 0 aliphatic carbocycles. The van der Waals surface area contributed by atoms with Crippen LogP contribution in [-0.4, -0.2) is 45.9 Å². The molecule has 0 radical (unpaired) electrons. The van der Waals surface area contributed by atoms with Crippen molar-refractivity contribution in [3.8, 4) is 5.69 Å². The number of fused-ring (bicyclic) bond motifs is 1. The average Bonchev–Trinajstić information content (AvgIpc) is 3.65. The van der Waals surface area contributed by atoms with Crippen LogP contribution in [0.2, 0.25) is 0 Å². The summed E-state index contributed by atoms with van der Waals surface area (Å²) in [5, 5.41) is 22.9. The molecule has 2 amide bonds. The molecule has 9 heteroatoms. The maximum atomic E-state index is 12.8. The number of aromatic nitrogens is 2. The second-order valence-corrected chi connectivity index (χ2v) is 10.5. The summed E-state index contributed by atoms with van der Waals surface area (Å²) in [6, 6.07) is 24.4. The van der Waals surface area contributed by atoms with E-state index in [2.05, 4.69) is 20.6 Å². The molecule has 1 aliphatic heterocycles. The molecule has 39 heavy (non-hydrogen) atoms. The lowest BCUT2D eigenvalue weighted by Crippen LogP contribution is -2.35. The number of benzene rings is 3. The second-order valence-electron chi connectivity index (χ2n) is 9.53. The lowest BCUT2D eigenvalue weighted by Gasteiger charge is -2.31. The first-order chi connectivity index (χ1) is 19.0. The molecular weight excluding hydrogens is 510 g/mol. The van der Waals surface area contributed by atoms with Crippen LogP contribution in [0.1, 0.15) is 32.9 Å². The smallest absolute Gasteiger partial charge is 0.265 e. The fraction of sp³-hybridized carbons (Fsp3) is 0.167. The molecule has 0 unspecified atom stereocenters. The first-order valence-electron chi connectivity index (χ1n) is 12.8. The summed E-state index contributed by atoms with van der Waals surface area (Å²) >= 11 is 1.40. The van der Waals surface area contributed by atoms with Crippen LogP contribution < -0.4 is 15.5 Å². The lowest BCUT2D eigenvalue weighted by molar-refractivity contribution is 0.102. The van der Waals surface area contributed by atoms with Crippen LogP contribution in [-0.2, 0) is 0 Å². The molecule has 3 heterocycles. The van der Waals surface area contributed by atoms with E-state index in [0.29, 0.717) is 21.8 Å². The highest BCUT2D eigenvalue weighted by Crippen LogP contribution is 2.25. The number of hydrogen-bond acceptors (Lipinski definition) is 6. The van der Waals surface area contributed by atoms with Crippen LogP contribution >= 0.6 is 11.3 Å². The van der Waals surface area contributed by atoms with Crippen molar-refractivity contribution in [1.82, 2.24) is 9.78 Å². The second kappa shape index (κ2) is 10.7. The predicted molar refractivity (Wildman–Crippen MR) is 155 cm³/mol. The van der Waals surface area contributed by atoms with Crippen LogP contribution in [0.15, 0.2) is 90.4 Å². The molecule has 1 fully saturated rings. The summed E-state index contributed by atoms with van der Waals surface area (Å²) in [4.78, 5) is 28.1. The lowest BCUT2D eigenvalue weighted by atomic mass is 10.1. The molecule has 6 rings (SSSR count). The number of aliphatic hydroxyl groups is 1. The van der Waals surface area contributed by atoms with Gasteiger partial charge in [0.05, 0.1) is 28.4 Å². The molecule has 2 aromatic heterocycles. The van der Waals surface area contributed by atoms with Crippen LogP contribution in [0, 0.1) is 0 Å². The third-order valence-corrected chi connectivity index (χ3v) is 7.77. The number of hydrogen-bond donors (Lipinski definition) is 3. The van der Waals surface area contributed by atoms with Crippen LogP contribution in [0.4, 0.5) is 17.1 Å². The van der Waals surface area contributed by atoms with Gasteiger partial charge in [-0.25, -0.2) is 4.68 Å². The third-order valence-electron chi connectivity index (χ3n) is 6.90. The van der Waals surface area contributed by atoms with E-state index >= 15 is 0 Å². The maximum absolute atomic E-state index is 12.8. The van der Waals surface area contributed by atoms with Crippen molar-refractivity contribution < 1.29 is 14.7 Å². The van der Waals surface area contributed by atoms with Gasteiger partial charge in [-0.3, -0.25) is 9.59 Å². The SMILES string of the molecule is O=C(Nc1ccc(-n2ncc3cc(NC(=O)c4cccs4)ccc32)cc1)c1ccc(N2CCC(O)CC2)cc1. The molecule has 0 bridgehead atoms. The zero-order chi connectivity index (χ0) is 26.8. The van der Waals surface area contributed by atoms with E-state index < -0.39 is 0 Å². The van der Waals surface area contributed by atoms with Crippen LogP contribution in [0.25, 0.3) is 16.6 Å². The largest absolute Gasteiger partial charge is 0.393 e. The average molecular weight is 538 g/mol. The first kappa shape index (κ1) is 24.8. The fourth-order valence-corrected chi connectivity index (χ4v) is 5.37. The van der Waals surface area contributed by atoms with Gasteiger partial charge in [-0.05, 0) is 91.0 Å². The summed E-state index contributed by atoms with van der Waals surface area (Å²) < 4.78 is 1.82. The first-order valence-corrected chi connectivity index (χ1v) is 13.7. The number of thiophene rings is 1. The molecule has 3 aromatic carbocycles. The van der Waals surface area contributed by atoms with Gasteiger partial charge in [0.2, 0.25) is 0 Å². The number of rotatable bonds is 6. The van der Waals surface area contributed by atoms with E-state index in [1.54, 1.807) is 12.3 Å². The Morgan fingerprint density at radius 2 is 1.54 bits per heavy atom. The van der Waals surface area contributed by atoms with Crippen molar-refractivity contribution in [2.75, 3.05) is 28.6 Å². The summed E-state index contributed by atoms with van der Waals surface area (Å²) in [6.45, 7) is 1.63. The topological polar surface area (TPSA) is 99.5 Å². The fourth-order valence-electron chi connectivity index (χ4n) is 4.75. The highest BCUT2D eigenvalue weighted by Gasteiger charge is 2.17. The standard InChI is InChI=1S/C30H27N5O3S/c36-26-13-15-34(16-14-26)24-8-3-20(4-9-24)29(37)32-22-5-10-25(11-6-22)35-27-12-7-23(18-21(27)19-31-35)33-30(38)28-2-1-17-39-28/h1-12,17-19,26,36H,13-16H2,(H,32,37)(H,33,38). The number of anilines is 3. The Hall–Kier alpha value is -4.47.